The minimum atomic E-state index is -4.05. The molecule has 0 heterocycles. The number of hydrogen-bond donors (Lipinski definition) is 2. The van der Waals surface area contributed by atoms with Gasteiger partial charge < -0.3 is 5.32 Å². The first-order valence-corrected chi connectivity index (χ1v) is 10.0. The number of rotatable bonds is 5. The highest BCUT2D eigenvalue weighted by atomic mass is 32.2. The SMILES string of the molecule is Cc1cccc(C)c1NC(=O)c1cccc(S(=O)(=O)Nc2ccccc2F)c1. The molecule has 2 N–H and O–H groups in total. The Balaban J connectivity index is 1.87. The van der Waals surface area contributed by atoms with E-state index in [1.807, 2.05) is 32.0 Å². The molecule has 0 fully saturated rings. The number of benzene rings is 3. The zero-order valence-corrected chi connectivity index (χ0v) is 16.2. The third-order valence-electron chi connectivity index (χ3n) is 4.24. The normalized spacial score (nSPS) is 11.1. The van der Waals surface area contributed by atoms with Gasteiger partial charge in [-0.2, -0.15) is 0 Å². The molecule has 3 aromatic rings. The highest BCUT2D eigenvalue weighted by Crippen LogP contribution is 2.22. The van der Waals surface area contributed by atoms with Gasteiger partial charge in [-0.15, -0.1) is 0 Å². The van der Waals surface area contributed by atoms with E-state index < -0.39 is 21.7 Å². The van der Waals surface area contributed by atoms with E-state index in [0.717, 1.165) is 17.2 Å². The van der Waals surface area contributed by atoms with Crippen molar-refractivity contribution in [1.29, 1.82) is 0 Å². The summed E-state index contributed by atoms with van der Waals surface area (Å²) in [4.78, 5) is 12.5. The number of para-hydroxylation sites is 2. The zero-order valence-electron chi connectivity index (χ0n) is 15.4. The van der Waals surface area contributed by atoms with Crippen molar-refractivity contribution in [3.05, 3.63) is 89.2 Å². The molecule has 0 radical (unpaired) electrons. The van der Waals surface area contributed by atoms with Crippen molar-refractivity contribution >= 4 is 27.3 Å². The number of anilines is 2. The molecule has 0 saturated heterocycles. The molecule has 144 valence electrons. The second-order valence-electron chi connectivity index (χ2n) is 6.33. The van der Waals surface area contributed by atoms with Crippen LogP contribution in [0.4, 0.5) is 15.8 Å². The quantitative estimate of drug-likeness (QED) is 0.665. The van der Waals surface area contributed by atoms with Gasteiger partial charge in [0.1, 0.15) is 5.82 Å². The smallest absolute Gasteiger partial charge is 0.262 e. The van der Waals surface area contributed by atoms with Gasteiger partial charge in [-0.05, 0) is 55.3 Å². The number of sulfonamides is 1. The first-order chi connectivity index (χ1) is 13.3. The van der Waals surface area contributed by atoms with Crippen LogP contribution in [0.1, 0.15) is 21.5 Å². The third kappa shape index (κ3) is 4.20. The lowest BCUT2D eigenvalue weighted by Crippen LogP contribution is -2.17. The lowest BCUT2D eigenvalue weighted by Gasteiger charge is -2.13. The minimum absolute atomic E-state index is 0.134. The van der Waals surface area contributed by atoms with Crippen molar-refractivity contribution in [2.24, 2.45) is 0 Å². The first kappa shape index (κ1) is 19.6. The summed E-state index contributed by atoms with van der Waals surface area (Å²) in [5, 5.41) is 2.82. The summed E-state index contributed by atoms with van der Waals surface area (Å²) in [5.74, 6) is -1.12. The largest absolute Gasteiger partial charge is 0.322 e. The Morgan fingerprint density at radius 1 is 0.893 bits per heavy atom. The molecule has 0 aliphatic rings. The van der Waals surface area contributed by atoms with E-state index in [1.54, 1.807) is 0 Å². The van der Waals surface area contributed by atoms with Crippen molar-refractivity contribution in [2.75, 3.05) is 10.0 Å². The number of amides is 1. The van der Waals surface area contributed by atoms with E-state index in [9.17, 15) is 17.6 Å². The van der Waals surface area contributed by atoms with Gasteiger partial charge in [0.25, 0.3) is 15.9 Å². The molecule has 3 rings (SSSR count). The minimum Gasteiger partial charge on any atom is -0.322 e. The molecule has 0 spiro atoms. The fourth-order valence-electron chi connectivity index (χ4n) is 2.75. The van der Waals surface area contributed by atoms with E-state index >= 15 is 0 Å². The summed E-state index contributed by atoms with van der Waals surface area (Å²) >= 11 is 0. The Kier molecular flexibility index (Phi) is 5.46. The predicted octanol–water partition coefficient (Wildman–Crippen LogP) is 4.50. The van der Waals surface area contributed by atoms with E-state index in [0.29, 0.717) is 5.69 Å². The molecule has 0 unspecified atom stereocenters. The number of nitrogens with one attached hydrogen (secondary N) is 2. The Morgan fingerprint density at radius 2 is 1.54 bits per heavy atom. The van der Waals surface area contributed by atoms with Crippen LogP contribution in [0.3, 0.4) is 0 Å². The van der Waals surface area contributed by atoms with Crippen LogP contribution in [0.5, 0.6) is 0 Å². The molecule has 1 amide bonds. The number of aryl methyl sites for hydroxylation is 2. The van der Waals surface area contributed by atoms with Gasteiger partial charge in [0.2, 0.25) is 0 Å². The highest BCUT2D eigenvalue weighted by molar-refractivity contribution is 7.92. The van der Waals surface area contributed by atoms with Crippen molar-refractivity contribution in [2.45, 2.75) is 18.7 Å². The monoisotopic (exact) mass is 398 g/mol. The topological polar surface area (TPSA) is 75.3 Å². The van der Waals surface area contributed by atoms with Crippen LogP contribution >= 0.6 is 0 Å². The summed E-state index contributed by atoms with van der Waals surface area (Å²) in [6.07, 6.45) is 0. The Morgan fingerprint density at radius 3 is 2.21 bits per heavy atom. The zero-order chi connectivity index (χ0) is 20.3. The third-order valence-corrected chi connectivity index (χ3v) is 5.61. The first-order valence-electron chi connectivity index (χ1n) is 8.53. The predicted molar refractivity (Wildman–Crippen MR) is 108 cm³/mol. The average molecular weight is 398 g/mol. The number of carbonyl (C=O) groups excluding carboxylic acids is 1. The molecule has 3 aromatic carbocycles. The fourth-order valence-corrected chi connectivity index (χ4v) is 3.86. The van der Waals surface area contributed by atoms with Crippen LogP contribution in [0.25, 0.3) is 0 Å². The van der Waals surface area contributed by atoms with Gasteiger partial charge in [0, 0.05) is 11.3 Å². The molecule has 0 aliphatic heterocycles. The molecule has 5 nitrogen and oxygen atoms in total. The summed E-state index contributed by atoms with van der Waals surface area (Å²) in [6.45, 7) is 3.75. The summed E-state index contributed by atoms with van der Waals surface area (Å²) in [5.41, 5.74) is 2.51. The lowest BCUT2D eigenvalue weighted by atomic mass is 10.1. The molecule has 0 saturated carbocycles. The Labute approximate surface area is 163 Å². The Bertz CT molecular complexity index is 1120. The lowest BCUT2D eigenvalue weighted by molar-refractivity contribution is 0.102. The highest BCUT2D eigenvalue weighted by Gasteiger charge is 2.18. The van der Waals surface area contributed by atoms with Gasteiger partial charge in [-0.3, -0.25) is 9.52 Å². The van der Waals surface area contributed by atoms with Gasteiger partial charge >= 0.3 is 0 Å². The van der Waals surface area contributed by atoms with Crippen LogP contribution in [0, 0.1) is 19.7 Å². The van der Waals surface area contributed by atoms with E-state index in [-0.39, 0.29) is 16.1 Å². The summed E-state index contributed by atoms with van der Waals surface area (Å²) in [6, 6.07) is 16.7. The molecule has 0 bridgehead atoms. The van der Waals surface area contributed by atoms with Gasteiger partial charge in [-0.25, -0.2) is 12.8 Å². The molecule has 0 aliphatic carbocycles. The van der Waals surface area contributed by atoms with E-state index in [4.69, 9.17) is 0 Å². The number of halogens is 1. The second-order valence-corrected chi connectivity index (χ2v) is 8.02. The molecule has 28 heavy (non-hydrogen) atoms. The van der Waals surface area contributed by atoms with Crippen molar-refractivity contribution in [1.82, 2.24) is 0 Å². The fraction of sp³-hybridized carbons (Fsp3) is 0.0952. The maximum absolute atomic E-state index is 13.8. The Hall–Kier alpha value is -3.19. The second kappa shape index (κ2) is 7.82. The maximum Gasteiger partial charge on any atom is 0.262 e. The number of carbonyl (C=O) groups is 1. The molecule has 7 heteroatoms. The van der Waals surface area contributed by atoms with E-state index in [2.05, 4.69) is 10.0 Å². The van der Waals surface area contributed by atoms with Crippen molar-refractivity contribution in [3.63, 3.8) is 0 Å². The summed E-state index contributed by atoms with van der Waals surface area (Å²) in [7, 11) is -4.05. The van der Waals surface area contributed by atoms with Gasteiger partial charge in [0.05, 0.1) is 10.6 Å². The van der Waals surface area contributed by atoms with Gasteiger partial charge in [0.15, 0.2) is 0 Å². The molecule has 0 aromatic heterocycles. The van der Waals surface area contributed by atoms with Crippen LogP contribution in [-0.4, -0.2) is 14.3 Å². The number of hydrogen-bond acceptors (Lipinski definition) is 3. The molecule has 0 atom stereocenters. The van der Waals surface area contributed by atoms with Crippen LogP contribution < -0.4 is 10.0 Å². The van der Waals surface area contributed by atoms with Crippen LogP contribution in [0.2, 0.25) is 0 Å². The molecular weight excluding hydrogens is 379 g/mol. The van der Waals surface area contributed by atoms with Crippen LogP contribution in [0.15, 0.2) is 71.6 Å². The van der Waals surface area contributed by atoms with Crippen molar-refractivity contribution < 1.29 is 17.6 Å². The van der Waals surface area contributed by atoms with Gasteiger partial charge in [-0.1, -0.05) is 36.4 Å². The summed E-state index contributed by atoms with van der Waals surface area (Å²) < 4.78 is 41.1. The maximum atomic E-state index is 13.8. The molecular formula is C21H19FN2O3S. The van der Waals surface area contributed by atoms with E-state index in [1.165, 1.54) is 42.5 Å². The standard InChI is InChI=1S/C21H19FN2O3S/c1-14-7-5-8-15(2)20(14)23-21(25)16-9-6-10-17(13-16)28(26,27)24-19-12-4-3-11-18(19)22/h3-13,24H,1-2H3,(H,23,25). The van der Waals surface area contributed by atoms with Crippen LogP contribution in [-0.2, 0) is 10.0 Å². The average Bonchev–Trinajstić information content (AvgIpc) is 2.66. The van der Waals surface area contributed by atoms with Crippen molar-refractivity contribution in [3.8, 4) is 0 Å².